The first-order valence-electron chi connectivity index (χ1n) is 13.4. The van der Waals surface area contributed by atoms with E-state index in [1.807, 2.05) is 51.6 Å². The number of fused-ring (bicyclic) bond motifs is 1. The van der Waals surface area contributed by atoms with Crippen LogP contribution in [-0.2, 0) is 0 Å². The largest absolute Gasteiger partial charge is 0.329 e. The molecular formula is C31H35F2N3O. The van der Waals surface area contributed by atoms with Crippen LogP contribution in [0.1, 0.15) is 68.7 Å². The number of piperidine rings is 1. The van der Waals surface area contributed by atoms with E-state index in [0.717, 1.165) is 67.5 Å². The second kappa shape index (κ2) is 11.0. The summed E-state index contributed by atoms with van der Waals surface area (Å²) in [4.78, 5) is 15.8. The molecule has 4 aromatic rings. The molecule has 1 aromatic heterocycles. The lowest BCUT2D eigenvalue weighted by Gasteiger charge is -2.33. The molecule has 0 radical (unpaired) electrons. The van der Waals surface area contributed by atoms with Gasteiger partial charge in [0, 0.05) is 31.1 Å². The number of likely N-dealkylation sites (tertiary alicyclic amines) is 1. The highest BCUT2D eigenvalue weighted by atomic mass is 19.1. The van der Waals surface area contributed by atoms with Gasteiger partial charge in [0.25, 0.3) is 0 Å². The zero-order valence-electron chi connectivity index (χ0n) is 21.6. The van der Waals surface area contributed by atoms with Crippen molar-refractivity contribution in [2.24, 2.45) is 0 Å². The molecule has 0 N–H and O–H groups in total. The van der Waals surface area contributed by atoms with Crippen LogP contribution < -0.4 is 5.69 Å². The third-order valence-corrected chi connectivity index (χ3v) is 7.76. The number of para-hydroxylation sites is 2. The molecule has 1 aliphatic heterocycles. The number of halogens is 2. The Kier molecular flexibility index (Phi) is 7.56. The minimum Gasteiger partial charge on any atom is -0.303 e. The molecule has 6 heteroatoms. The standard InChI is InChI=1S/C31H35F2N3O/c1-22(2)35-29-7-3-4-8-30(29)36(31(35)37)27-17-20-34(21-18-27)19-5-6-28(23-9-13-25(32)14-10-23)24-11-15-26(33)16-12-24/h3-4,7-16,22,27-28H,5-6,17-21H2,1-2H3. The van der Waals surface area contributed by atoms with Gasteiger partial charge in [0.15, 0.2) is 0 Å². The maximum absolute atomic E-state index is 13.5. The summed E-state index contributed by atoms with van der Waals surface area (Å²) < 4.78 is 31.0. The lowest BCUT2D eigenvalue weighted by Crippen LogP contribution is -2.38. The van der Waals surface area contributed by atoms with E-state index >= 15 is 0 Å². The van der Waals surface area contributed by atoms with Crippen molar-refractivity contribution < 1.29 is 8.78 Å². The molecule has 0 bridgehead atoms. The molecule has 0 aliphatic carbocycles. The number of imidazole rings is 1. The first-order chi connectivity index (χ1) is 17.9. The van der Waals surface area contributed by atoms with Gasteiger partial charge < -0.3 is 4.90 Å². The smallest absolute Gasteiger partial charge is 0.303 e. The lowest BCUT2D eigenvalue weighted by molar-refractivity contribution is 0.183. The van der Waals surface area contributed by atoms with Crippen molar-refractivity contribution in [3.05, 3.63) is 106 Å². The van der Waals surface area contributed by atoms with Gasteiger partial charge >= 0.3 is 5.69 Å². The monoisotopic (exact) mass is 503 g/mol. The fourth-order valence-corrected chi connectivity index (χ4v) is 5.88. The number of nitrogens with zero attached hydrogens (tertiary/aromatic N) is 3. The molecule has 194 valence electrons. The Bertz CT molecular complexity index is 1340. The van der Waals surface area contributed by atoms with Crippen LogP contribution in [0.3, 0.4) is 0 Å². The van der Waals surface area contributed by atoms with Crippen LogP contribution in [0.4, 0.5) is 8.78 Å². The summed E-state index contributed by atoms with van der Waals surface area (Å²) in [5.41, 5.74) is 4.23. The zero-order chi connectivity index (χ0) is 25.9. The summed E-state index contributed by atoms with van der Waals surface area (Å²) in [6.45, 7) is 7.00. The predicted molar refractivity (Wildman–Crippen MR) is 145 cm³/mol. The van der Waals surface area contributed by atoms with E-state index in [-0.39, 0.29) is 35.3 Å². The van der Waals surface area contributed by atoms with Crippen LogP contribution in [0, 0.1) is 11.6 Å². The fraction of sp³-hybridized carbons (Fsp3) is 0.387. The maximum atomic E-state index is 13.5. The van der Waals surface area contributed by atoms with Crippen molar-refractivity contribution in [2.75, 3.05) is 19.6 Å². The van der Waals surface area contributed by atoms with Crippen LogP contribution >= 0.6 is 0 Å². The highest BCUT2D eigenvalue weighted by molar-refractivity contribution is 5.76. The van der Waals surface area contributed by atoms with E-state index in [2.05, 4.69) is 24.8 Å². The summed E-state index contributed by atoms with van der Waals surface area (Å²) in [7, 11) is 0. The average Bonchev–Trinajstić information content (AvgIpc) is 3.20. The summed E-state index contributed by atoms with van der Waals surface area (Å²) in [6, 6.07) is 21.8. The Morgan fingerprint density at radius 2 is 1.35 bits per heavy atom. The molecule has 2 heterocycles. The van der Waals surface area contributed by atoms with Crippen LogP contribution in [-0.4, -0.2) is 33.7 Å². The summed E-state index contributed by atoms with van der Waals surface area (Å²) >= 11 is 0. The molecule has 0 saturated carbocycles. The Morgan fingerprint density at radius 1 is 0.811 bits per heavy atom. The average molecular weight is 504 g/mol. The third kappa shape index (κ3) is 5.40. The van der Waals surface area contributed by atoms with E-state index < -0.39 is 0 Å². The molecule has 4 nitrogen and oxygen atoms in total. The predicted octanol–water partition coefficient (Wildman–Crippen LogP) is 6.91. The van der Waals surface area contributed by atoms with Gasteiger partial charge in [-0.3, -0.25) is 9.13 Å². The maximum Gasteiger partial charge on any atom is 0.329 e. The molecule has 3 aromatic carbocycles. The van der Waals surface area contributed by atoms with Crippen LogP contribution in [0.15, 0.2) is 77.6 Å². The molecule has 1 aliphatic rings. The molecule has 0 atom stereocenters. The Labute approximate surface area is 217 Å². The van der Waals surface area contributed by atoms with Crippen molar-refractivity contribution in [3.63, 3.8) is 0 Å². The minimum atomic E-state index is -0.250. The van der Waals surface area contributed by atoms with Gasteiger partial charge in [-0.05, 0) is 93.6 Å². The molecule has 37 heavy (non-hydrogen) atoms. The molecule has 5 rings (SSSR count). The zero-order valence-corrected chi connectivity index (χ0v) is 21.6. The Balaban J connectivity index is 1.23. The first-order valence-corrected chi connectivity index (χ1v) is 13.4. The first kappa shape index (κ1) is 25.4. The van der Waals surface area contributed by atoms with E-state index in [1.54, 1.807) is 0 Å². The minimum absolute atomic E-state index is 0.0936. The quantitative estimate of drug-likeness (QED) is 0.262. The van der Waals surface area contributed by atoms with E-state index in [0.29, 0.717) is 0 Å². The molecule has 0 spiro atoms. The SMILES string of the molecule is CC(C)n1c(=O)n(C2CCN(CCCC(c3ccc(F)cc3)c3ccc(F)cc3)CC2)c2ccccc21. The highest BCUT2D eigenvalue weighted by Crippen LogP contribution is 2.31. The molecule has 1 fully saturated rings. The Morgan fingerprint density at radius 3 is 1.89 bits per heavy atom. The van der Waals surface area contributed by atoms with E-state index in [9.17, 15) is 13.6 Å². The van der Waals surface area contributed by atoms with Gasteiger partial charge in [0.2, 0.25) is 0 Å². The number of hydrogen-bond donors (Lipinski definition) is 0. The van der Waals surface area contributed by atoms with Gasteiger partial charge in [0.1, 0.15) is 11.6 Å². The molecule has 0 amide bonds. The van der Waals surface area contributed by atoms with Crippen LogP contribution in [0.25, 0.3) is 11.0 Å². The van der Waals surface area contributed by atoms with Crippen LogP contribution in [0.2, 0.25) is 0 Å². The Hall–Kier alpha value is -3.25. The number of benzene rings is 3. The van der Waals surface area contributed by atoms with Gasteiger partial charge in [-0.2, -0.15) is 0 Å². The van der Waals surface area contributed by atoms with Gasteiger partial charge in [-0.1, -0.05) is 36.4 Å². The van der Waals surface area contributed by atoms with Crippen molar-refractivity contribution >= 4 is 11.0 Å². The summed E-state index contributed by atoms with van der Waals surface area (Å²) in [5, 5.41) is 0. The fourth-order valence-electron chi connectivity index (χ4n) is 5.88. The molecular weight excluding hydrogens is 468 g/mol. The lowest BCUT2D eigenvalue weighted by atomic mass is 9.87. The van der Waals surface area contributed by atoms with Crippen molar-refractivity contribution in [3.8, 4) is 0 Å². The van der Waals surface area contributed by atoms with E-state index in [1.165, 1.54) is 24.3 Å². The number of rotatable bonds is 8. The van der Waals surface area contributed by atoms with Crippen molar-refractivity contribution in [1.82, 2.24) is 14.0 Å². The summed E-state index contributed by atoms with van der Waals surface area (Å²) in [5.74, 6) is -0.403. The van der Waals surface area contributed by atoms with Gasteiger partial charge in [0.05, 0.1) is 11.0 Å². The van der Waals surface area contributed by atoms with Gasteiger partial charge in [-0.25, -0.2) is 13.6 Å². The van der Waals surface area contributed by atoms with Crippen molar-refractivity contribution in [1.29, 1.82) is 0 Å². The van der Waals surface area contributed by atoms with Gasteiger partial charge in [-0.15, -0.1) is 0 Å². The van der Waals surface area contributed by atoms with Crippen molar-refractivity contribution in [2.45, 2.75) is 57.5 Å². The highest BCUT2D eigenvalue weighted by Gasteiger charge is 2.26. The second-order valence-corrected chi connectivity index (χ2v) is 10.5. The summed E-state index contributed by atoms with van der Waals surface area (Å²) in [6.07, 6.45) is 3.78. The second-order valence-electron chi connectivity index (χ2n) is 10.5. The third-order valence-electron chi connectivity index (χ3n) is 7.76. The normalized spacial score (nSPS) is 15.3. The molecule has 1 saturated heterocycles. The van der Waals surface area contributed by atoms with E-state index in [4.69, 9.17) is 0 Å². The number of aromatic nitrogens is 2. The topological polar surface area (TPSA) is 30.2 Å². The number of hydrogen-bond acceptors (Lipinski definition) is 2. The molecule has 0 unspecified atom stereocenters. The van der Waals surface area contributed by atoms with Crippen LogP contribution in [0.5, 0.6) is 0 Å².